The molecule has 0 aromatic heterocycles. The first-order valence-corrected chi connectivity index (χ1v) is 5.10. The van der Waals surface area contributed by atoms with Crippen molar-refractivity contribution in [3.05, 3.63) is 34.9 Å². The number of primary amides is 1. The van der Waals surface area contributed by atoms with Gasteiger partial charge in [-0.05, 0) is 24.0 Å². The molecule has 1 amide bonds. The van der Waals surface area contributed by atoms with Crippen molar-refractivity contribution in [2.24, 2.45) is 5.73 Å². The standard InChI is InChI=1S/C12H13NO2/c13-12(15)7-8-4-5-10-9(6-8)2-1-3-11(10)14/h4-6H,1-3,7H2,(H2,13,15). The van der Waals surface area contributed by atoms with Crippen LogP contribution in [-0.2, 0) is 17.6 Å². The van der Waals surface area contributed by atoms with Crippen LogP contribution in [0.3, 0.4) is 0 Å². The molecule has 3 heteroatoms. The van der Waals surface area contributed by atoms with E-state index in [9.17, 15) is 9.59 Å². The zero-order valence-corrected chi connectivity index (χ0v) is 8.45. The van der Waals surface area contributed by atoms with Crippen LogP contribution in [0.25, 0.3) is 0 Å². The van der Waals surface area contributed by atoms with E-state index in [4.69, 9.17) is 5.73 Å². The molecule has 0 fully saturated rings. The van der Waals surface area contributed by atoms with Gasteiger partial charge in [-0.3, -0.25) is 9.59 Å². The summed E-state index contributed by atoms with van der Waals surface area (Å²) in [5.41, 5.74) is 7.90. The van der Waals surface area contributed by atoms with Gasteiger partial charge >= 0.3 is 0 Å². The van der Waals surface area contributed by atoms with Gasteiger partial charge in [-0.2, -0.15) is 0 Å². The highest BCUT2D eigenvalue weighted by atomic mass is 16.1. The van der Waals surface area contributed by atoms with Crippen molar-refractivity contribution >= 4 is 11.7 Å². The lowest BCUT2D eigenvalue weighted by Crippen LogP contribution is -2.15. The third kappa shape index (κ3) is 2.06. The van der Waals surface area contributed by atoms with Gasteiger partial charge in [0.05, 0.1) is 6.42 Å². The molecule has 0 saturated heterocycles. The van der Waals surface area contributed by atoms with E-state index in [2.05, 4.69) is 0 Å². The third-order valence-corrected chi connectivity index (χ3v) is 2.70. The van der Waals surface area contributed by atoms with Gasteiger partial charge < -0.3 is 5.73 Å². The fourth-order valence-electron chi connectivity index (χ4n) is 2.01. The maximum absolute atomic E-state index is 11.5. The van der Waals surface area contributed by atoms with Crippen molar-refractivity contribution in [3.8, 4) is 0 Å². The largest absolute Gasteiger partial charge is 0.369 e. The van der Waals surface area contributed by atoms with E-state index in [1.165, 1.54) is 0 Å². The van der Waals surface area contributed by atoms with Gasteiger partial charge in [0.1, 0.15) is 0 Å². The Labute approximate surface area is 88.3 Å². The van der Waals surface area contributed by atoms with Crippen LogP contribution >= 0.6 is 0 Å². The quantitative estimate of drug-likeness (QED) is 0.785. The summed E-state index contributed by atoms with van der Waals surface area (Å²) in [4.78, 5) is 22.3. The van der Waals surface area contributed by atoms with Crippen LogP contribution in [0.4, 0.5) is 0 Å². The summed E-state index contributed by atoms with van der Waals surface area (Å²) in [5.74, 6) is -0.126. The number of fused-ring (bicyclic) bond motifs is 1. The Morgan fingerprint density at radius 1 is 1.33 bits per heavy atom. The number of hydrogen-bond acceptors (Lipinski definition) is 2. The molecular formula is C12H13NO2. The number of aryl methyl sites for hydroxylation is 1. The van der Waals surface area contributed by atoms with Crippen molar-refractivity contribution in [3.63, 3.8) is 0 Å². The molecule has 0 saturated carbocycles. The lowest BCUT2D eigenvalue weighted by atomic mass is 9.89. The number of carbonyl (C=O) groups excluding carboxylic acids is 2. The Bertz CT molecular complexity index is 424. The van der Waals surface area contributed by atoms with Crippen LogP contribution < -0.4 is 5.73 Å². The van der Waals surface area contributed by atoms with Gasteiger partial charge in [0.25, 0.3) is 0 Å². The molecule has 3 nitrogen and oxygen atoms in total. The molecule has 15 heavy (non-hydrogen) atoms. The normalized spacial score (nSPS) is 14.8. The number of ketones is 1. The maximum Gasteiger partial charge on any atom is 0.221 e. The van der Waals surface area contributed by atoms with Gasteiger partial charge in [-0.25, -0.2) is 0 Å². The third-order valence-electron chi connectivity index (χ3n) is 2.70. The highest BCUT2D eigenvalue weighted by Crippen LogP contribution is 2.22. The molecular weight excluding hydrogens is 190 g/mol. The van der Waals surface area contributed by atoms with Crippen LogP contribution in [0.5, 0.6) is 0 Å². The molecule has 1 aliphatic carbocycles. The van der Waals surface area contributed by atoms with Gasteiger partial charge in [-0.15, -0.1) is 0 Å². The number of Topliss-reactive ketones (excluding diaryl/α,β-unsaturated/α-hetero) is 1. The Kier molecular flexibility index (Phi) is 2.54. The lowest BCUT2D eigenvalue weighted by molar-refractivity contribution is -0.117. The summed E-state index contributed by atoms with van der Waals surface area (Å²) in [5, 5.41) is 0. The molecule has 78 valence electrons. The molecule has 1 aromatic rings. The highest BCUT2D eigenvalue weighted by molar-refractivity contribution is 5.98. The summed E-state index contributed by atoms with van der Waals surface area (Å²) in [7, 11) is 0. The molecule has 0 atom stereocenters. The van der Waals surface area contributed by atoms with Crippen molar-refractivity contribution in [1.82, 2.24) is 0 Å². The Hall–Kier alpha value is -1.64. The second-order valence-corrected chi connectivity index (χ2v) is 3.91. The minimum Gasteiger partial charge on any atom is -0.369 e. The summed E-state index contributed by atoms with van der Waals surface area (Å²) in [6.45, 7) is 0. The van der Waals surface area contributed by atoms with E-state index in [1.54, 1.807) is 0 Å². The minimum atomic E-state index is -0.336. The van der Waals surface area contributed by atoms with Crippen molar-refractivity contribution < 1.29 is 9.59 Å². The first kappa shape index (κ1) is 9.90. The first-order valence-electron chi connectivity index (χ1n) is 5.10. The summed E-state index contributed by atoms with van der Waals surface area (Å²) in [6, 6.07) is 5.55. The van der Waals surface area contributed by atoms with Gasteiger partial charge in [0, 0.05) is 12.0 Å². The van der Waals surface area contributed by atoms with Crippen molar-refractivity contribution in [1.29, 1.82) is 0 Å². The summed E-state index contributed by atoms with van der Waals surface area (Å²) < 4.78 is 0. The second-order valence-electron chi connectivity index (χ2n) is 3.91. The van der Waals surface area contributed by atoms with Crippen LogP contribution in [0, 0.1) is 0 Å². The molecule has 2 rings (SSSR count). The number of carbonyl (C=O) groups is 2. The highest BCUT2D eigenvalue weighted by Gasteiger charge is 2.17. The van der Waals surface area contributed by atoms with E-state index in [1.807, 2.05) is 18.2 Å². The summed E-state index contributed by atoms with van der Waals surface area (Å²) >= 11 is 0. The fourth-order valence-corrected chi connectivity index (χ4v) is 2.01. The average Bonchev–Trinajstić information content (AvgIpc) is 2.17. The summed E-state index contributed by atoms with van der Waals surface area (Å²) in [6.07, 6.45) is 2.73. The SMILES string of the molecule is NC(=O)Cc1ccc2c(c1)CCCC2=O. The fraction of sp³-hybridized carbons (Fsp3) is 0.333. The molecule has 0 aliphatic heterocycles. The van der Waals surface area contributed by atoms with E-state index in [0.717, 1.165) is 29.5 Å². The monoisotopic (exact) mass is 203 g/mol. The number of nitrogens with two attached hydrogens (primary N) is 1. The number of hydrogen-bond donors (Lipinski definition) is 1. The van der Waals surface area contributed by atoms with Crippen LogP contribution in [0.2, 0.25) is 0 Å². The van der Waals surface area contributed by atoms with E-state index >= 15 is 0 Å². The lowest BCUT2D eigenvalue weighted by Gasteiger charge is -2.15. The maximum atomic E-state index is 11.5. The van der Waals surface area contributed by atoms with Crippen molar-refractivity contribution in [2.45, 2.75) is 25.7 Å². The average molecular weight is 203 g/mol. The molecule has 0 unspecified atom stereocenters. The van der Waals surface area contributed by atoms with Crippen LogP contribution in [-0.4, -0.2) is 11.7 Å². The van der Waals surface area contributed by atoms with E-state index in [0.29, 0.717) is 6.42 Å². The predicted molar refractivity (Wildman–Crippen MR) is 56.6 cm³/mol. The molecule has 1 aromatic carbocycles. The molecule has 0 heterocycles. The molecule has 0 bridgehead atoms. The Balaban J connectivity index is 2.33. The van der Waals surface area contributed by atoms with E-state index < -0.39 is 0 Å². The number of amides is 1. The Morgan fingerprint density at radius 2 is 2.13 bits per heavy atom. The first-order chi connectivity index (χ1) is 7.16. The minimum absolute atomic E-state index is 0.210. The molecule has 0 spiro atoms. The smallest absolute Gasteiger partial charge is 0.221 e. The van der Waals surface area contributed by atoms with Crippen LogP contribution in [0.1, 0.15) is 34.3 Å². The van der Waals surface area contributed by atoms with Gasteiger partial charge in [0.2, 0.25) is 5.91 Å². The zero-order chi connectivity index (χ0) is 10.8. The second kappa shape index (κ2) is 3.85. The molecule has 2 N–H and O–H groups in total. The number of rotatable bonds is 2. The molecule has 0 radical (unpaired) electrons. The van der Waals surface area contributed by atoms with Gasteiger partial charge in [0.15, 0.2) is 5.78 Å². The topological polar surface area (TPSA) is 60.2 Å². The molecule has 1 aliphatic rings. The van der Waals surface area contributed by atoms with Crippen LogP contribution in [0.15, 0.2) is 18.2 Å². The Morgan fingerprint density at radius 3 is 2.87 bits per heavy atom. The van der Waals surface area contributed by atoms with Gasteiger partial charge in [-0.1, -0.05) is 18.2 Å². The van der Waals surface area contributed by atoms with Crippen molar-refractivity contribution in [2.75, 3.05) is 0 Å². The zero-order valence-electron chi connectivity index (χ0n) is 8.45. The number of benzene rings is 1. The van der Waals surface area contributed by atoms with E-state index in [-0.39, 0.29) is 18.1 Å². The predicted octanol–water partition coefficient (Wildman–Crippen LogP) is 1.23.